The first kappa shape index (κ1) is 21.7. The lowest BCUT2D eigenvalue weighted by Crippen LogP contribution is -2.11. The maximum atomic E-state index is 12.0. The number of rotatable bonds is 9. The number of aromatic nitrogens is 2. The molecule has 4 aromatic rings. The Balaban J connectivity index is 1.68. The van der Waals surface area contributed by atoms with Gasteiger partial charge in [0.05, 0.1) is 4.92 Å². The number of nitro groups is 1. The van der Waals surface area contributed by atoms with Crippen LogP contribution in [-0.4, -0.2) is 14.9 Å². The van der Waals surface area contributed by atoms with Gasteiger partial charge < -0.3 is 10.6 Å². The van der Waals surface area contributed by atoms with Crippen LogP contribution in [0.25, 0.3) is 12.2 Å². The van der Waals surface area contributed by atoms with Crippen molar-refractivity contribution in [2.75, 3.05) is 10.6 Å². The number of anilines is 2. The van der Waals surface area contributed by atoms with Gasteiger partial charge >= 0.3 is 5.69 Å². The Morgan fingerprint density at radius 1 is 0.727 bits per heavy atom. The van der Waals surface area contributed by atoms with Crippen molar-refractivity contribution in [3.8, 4) is 0 Å². The highest BCUT2D eigenvalue weighted by molar-refractivity contribution is 5.77. The summed E-state index contributed by atoms with van der Waals surface area (Å²) < 4.78 is 0. The maximum absolute atomic E-state index is 12.0. The Hall–Kier alpha value is -4.52. The van der Waals surface area contributed by atoms with Crippen molar-refractivity contribution < 1.29 is 4.92 Å². The van der Waals surface area contributed by atoms with Crippen LogP contribution < -0.4 is 10.6 Å². The van der Waals surface area contributed by atoms with Crippen molar-refractivity contribution >= 4 is 29.6 Å². The molecule has 0 amide bonds. The predicted octanol–water partition coefficient (Wildman–Crippen LogP) is 5.78. The Kier molecular flexibility index (Phi) is 7.02. The third-order valence-electron chi connectivity index (χ3n) is 4.92. The van der Waals surface area contributed by atoms with Crippen LogP contribution in [-0.2, 0) is 13.1 Å². The van der Waals surface area contributed by atoms with Crippen LogP contribution in [0.15, 0.2) is 91.0 Å². The fraction of sp³-hybridized carbons (Fsp3) is 0.0769. The molecule has 2 N–H and O–H groups in total. The Morgan fingerprint density at radius 3 is 1.85 bits per heavy atom. The smallest absolute Gasteiger partial charge is 0.336 e. The molecule has 33 heavy (non-hydrogen) atoms. The second-order valence-corrected chi connectivity index (χ2v) is 7.31. The van der Waals surface area contributed by atoms with Gasteiger partial charge in [0.2, 0.25) is 11.8 Å². The molecule has 0 aliphatic carbocycles. The Labute approximate surface area is 192 Å². The quantitative estimate of drug-likeness (QED) is 0.255. The predicted molar refractivity (Wildman–Crippen MR) is 132 cm³/mol. The molecule has 0 atom stereocenters. The SMILES string of the molecule is O=[N+]([O-])c1c(/C=C/c2ccccc2)nc(NCc2ccccc2)nc1NCc1ccccc1. The van der Waals surface area contributed by atoms with Crippen molar-refractivity contribution in [2.45, 2.75) is 13.1 Å². The van der Waals surface area contributed by atoms with Crippen molar-refractivity contribution in [1.29, 1.82) is 0 Å². The lowest BCUT2D eigenvalue weighted by molar-refractivity contribution is -0.384. The second kappa shape index (κ2) is 10.7. The highest BCUT2D eigenvalue weighted by Gasteiger charge is 2.23. The minimum atomic E-state index is -0.445. The van der Waals surface area contributed by atoms with Crippen LogP contribution in [0.3, 0.4) is 0 Å². The number of nitrogens with one attached hydrogen (secondary N) is 2. The molecule has 0 radical (unpaired) electrons. The molecular formula is C26H23N5O2. The molecule has 7 heteroatoms. The van der Waals surface area contributed by atoms with Gasteiger partial charge in [0.15, 0.2) is 0 Å². The van der Waals surface area contributed by atoms with Crippen LogP contribution in [0.5, 0.6) is 0 Å². The van der Waals surface area contributed by atoms with Gasteiger partial charge in [-0.05, 0) is 22.8 Å². The Bertz CT molecular complexity index is 1230. The number of benzene rings is 3. The molecule has 164 valence electrons. The van der Waals surface area contributed by atoms with E-state index < -0.39 is 4.92 Å². The van der Waals surface area contributed by atoms with Crippen LogP contribution in [0, 0.1) is 10.1 Å². The van der Waals surface area contributed by atoms with E-state index in [1.54, 1.807) is 12.2 Å². The molecule has 0 saturated carbocycles. The fourth-order valence-corrected chi connectivity index (χ4v) is 3.27. The van der Waals surface area contributed by atoms with E-state index in [1.807, 2.05) is 91.0 Å². The molecule has 3 aromatic carbocycles. The van der Waals surface area contributed by atoms with Gasteiger partial charge in [-0.2, -0.15) is 4.98 Å². The largest absolute Gasteiger partial charge is 0.360 e. The van der Waals surface area contributed by atoms with E-state index in [-0.39, 0.29) is 17.2 Å². The number of nitrogens with zero attached hydrogens (tertiary/aromatic N) is 3. The lowest BCUT2D eigenvalue weighted by Gasteiger charge is -2.11. The average Bonchev–Trinajstić information content (AvgIpc) is 2.86. The van der Waals surface area contributed by atoms with Gasteiger partial charge in [0, 0.05) is 13.1 Å². The van der Waals surface area contributed by atoms with Crippen LogP contribution in [0.2, 0.25) is 0 Å². The van der Waals surface area contributed by atoms with Crippen molar-refractivity contribution in [3.05, 3.63) is 123 Å². The minimum absolute atomic E-state index is 0.164. The molecule has 0 bridgehead atoms. The summed E-state index contributed by atoms with van der Waals surface area (Å²) >= 11 is 0. The third kappa shape index (κ3) is 6.01. The van der Waals surface area contributed by atoms with Crippen molar-refractivity contribution in [3.63, 3.8) is 0 Å². The molecule has 0 aliphatic rings. The van der Waals surface area contributed by atoms with Crippen LogP contribution in [0.4, 0.5) is 17.5 Å². The zero-order valence-corrected chi connectivity index (χ0v) is 17.9. The number of hydrogen-bond acceptors (Lipinski definition) is 6. The van der Waals surface area contributed by atoms with E-state index in [1.165, 1.54) is 0 Å². The van der Waals surface area contributed by atoms with E-state index >= 15 is 0 Å². The van der Waals surface area contributed by atoms with Gasteiger partial charge in [-0.15, -0.1) is 0 Å². The zero-order valence-electron chi connectivity index (χ0n) is 17.9. The summed E-state index contributed by atoms with van der Waals surface area (Å²) in [5.41, 5.74) is 3.03. The maximum Gasteiger partial charge on any atom is 0.336 e. The molecule has 0 spiro atoms. The molecule has 1 heterocycles. The summed E-state index contributed by atoms with van der Waals surface area (Å²) in [6.07, 6.45) is 3.45. The summed E-state index contributed by atoms with van der Waals surface area (Å²) in [5.74, 6) is 0.481. The molecule has 1 aromatic heterocycles. The standard InChI is InChI=1S/C26H23N5O2/c32-31(33)24-23(17-16-20-10-4-1-5-11-20)29-26(28-19-22-14-8-3-9-15-22)30-25(24)27-18-21-12-6-2-7-13-21/h1-17H,18-19H2,(H2,27,28,29,30)/b17-16+. The average molecular weight is 438 g/mol. The normalized spacial score (nSPS) is 10.8. The summed E-state index contributed by atoms with van der Waals surface area (Å²) in [7, 11) is 0. The first-order valence-electron chi connectivity index (χ1n) is 10.5. The summed E-state index contributed by atoms with van der Waals surface area (Å²) in [6.45, 7) is 0.900. The van der Waals surface area contributed by atoms with E-state index in [2.05, 4.69) is 20.6 Å². The van der Waals surface area contributed by atoms with Gasteiger partial charge in [-0.1, -0.05) is 97.1 Å². The van der Waals surface area contributed by atoms with Gasteiger partial charge in [-0.3, -0.25) is 10.1 Å². The molecule has 0 aliphatic heterocycles. The molecule has 4 rings (SSSR count). The molecule has 0 saturated heterocycles. The second-order valence-electron chi connectivity index (χ2n) is 7.31. The molecule has 7 nitrogen and oxygen atoms in total. The topological polar surface area (TPSA) is 93.0 Å². The summed E-state index contributed by atoms with van der Waals surface area (Å²) in [5, 5.41) is 18.3. The summed E-state index contributed by atoms with van der Waals surface area (Å²) in [4.78, 5) is 20.4. The molecular weight excluding hydrogens is 414 g/mol. The Morgan fingerprint density at radius 2 is 1.27 bits per heavy atom. The summed E-state index contributed by atoms with van der Waals surface area (Å²) in [6, 6.07) is 29.1. The third-order valence-corrected chi connectivity index (χ3v) is 4.92. The van der Waals surface area contributed by atoms with E-state index in [0.717, 1.165) is 16.7 Å². The first-order valence-corrected chi connectivity index (χ1v) is 10.5. The number of hydrogen-bond donors (Lipinski definition) is 2. The lowest BCUT2D eigenvalue weighted by atomic mass is 10.2. The molecule has 0 fully saturated rings. The van der Waals surface area contributed by atoms with E-state index in [0.29, 0.717) is 19.0 Å². The fourth-order valence-electron chi connectivity index (χ4n) is 3.27. The van der Waals surface area contributed by atoms with Gasteiger partial charge in [-0.25, -0.2) is 4.98 Å². The van der Waals surface area contributed by atoms with E-state index in [9.17, 15) is 10.1 Å². The van der Waals surface area contributed by atoms with Gasteiger partial charge in [0.25, 0.3) is 0 Å². The molecule has 0 unspecified atom stereocenters. The first-order chi connectivity index (χ1) is 16.2. The van der Waals surface area contributed by atoms with Crippen molar-refractivity contribution in [2.24, 2.45) is 0 Å². The minimum Gasteiger partial charge on any atom is -0.360 e. The van der Waals surface area contributed by atoms with Crippen molar-refractivity contribution in [1.82, 2.24) is 9.97 Å². The van der Waals surface area contributed by atoms with Crippen LogP contribution in [0.1, 0.15) is 22.4 Å². The highest BCUT2D eigenvalue weighted by Crippen LogP contribution is 2.29. The van der Waals surface area contributed by atoms with E-state index in [4.69, 9.17) is 0 Å². The zero-order chi connectivity index (χ0) is 22.9. The van der Waals surface area contributed by atoms with Crippen LogP contribution >= 0.6 is 0 Å². The van der Waals surface area contributed by atoms with Gasteiger partial charge in [0.1, 0.15) is 5.69 Å². The highest BCUT2D eigenvalue weighted by atomic mass is 16.6. The monoisotopic (exact) mass is 437 g/mol.